The number of ether oxygens (including phenoxy) is 2. The van der Waals surface area contributed by atoms with Gasteiger partial charge in [-0.25, -0.2) is 0 Å². The Hall–Kier alpha value is -1.18. The van der Waals surface area contributed by atoms with E-state index in [0.717, 1.165) is 6.54 Å². The third kappa shape index (κ3) is 3.89. The number of nitrogens with one attached hydrogen (secondary N) is 2. The van der Waals surface area contributed by atoms with Crippen LogP contribution in [0.1, 0.15) is 6.92 Å². The Kier molecular flexibility index (Phi) is 5.12. The molecule has 2 rings (SSSR count). The summed E-state index contributed by atoms with van der Waals surface area (Å²) >= 11 is 0. The number of hydrogen-bond acceptors (Lipinski definition) is 5. The highest BCUT2D eigenvalue weighted by Gasteiger charge is 2.27. The first-order valence-electron chi connectivity index (χ1n) is 6.67. The zero-order valence-corrected chi connectivity index (χ0v) is 11.2. The molecule has 2 saturated heterocycles. The summed E-state index contributed by atoms with van der Waals surface area (Å²) in [7, 11) is 0. The third-order valence-corrected chi connectivity index (χ3v) is 3.27. The molecule has 0 saturated carbocycles. The lowest BCUT2D eigenvalue weighted by atomic mass is 10.2. The van der Waals surface area contributed by atoms with E-state index in [2.05, 4.69) is 10.6 Å². The van der Waals surface area contributed by atoms with Gasteiger partial charge in [-0.05, 0) is 6.92 Å². The molecule has 7 nitrogen and oxygen atoms in total. The Morgan fingerprint density at radius 1 is 1.32 bits per heavy atom. The molecule has 2 unspecified atom stereocenters. The van der Waals surface area contributed by atoms with E-state index < -0.39 is 12.1 Å². The van der Waals surface area contributed by atoms with E-state index in [1.54, 1.807) is 11.8 Å². The normalized spacial score (nSPS) is 25.7. The molecule has 7 heteroatoms. The molecule has 108 valence electrons. The second kappa shape index (κ2) is 6.83. The molecule has 0 spiro atoms. The summed E-state index contributed by atoms with van der Waals surface area (Å²) in [5, 5.41) is 5.79. The summed E-state index contributed by atoms with van der Waals surface area (Å²) in [5.41, 5.74) is 0. The number of carbonyl (C=O) groups excluding carboxylic acids is 2. The van der Waals surface area contributed by atoms with Gasteiger partial charge in [0.1, 0.15) is 12.1 Å². The maximum atomic E-state index is 12.1. The van der Waals surface area contributed by atoms with Gasteiger partial charge in [-0.15, -0.1) is 0 Å². The third-order valence-electron chi connectivity index (χ3n) is 3.27. The van der Waals surface area contributed by atoms with Crippen LogP contribution in [0.2, 0.25) is 0 Å². The van der Waals surface area contributed by atoms with Crippen molar-refractivity contribution >= 4 is 11.8 Å². The average molecular weight is 271 g/mol. The molecule has 2 amide bonds. The summed E-state index contributed by atoms with van der Waals surface area (Å²) in [6, 6.07) is -0.531. The molecule has 0 aliphatic carbocycles. The molecule has 2 aliphatic heterocycles. The van der Waals surface area contributed by atoms with Crippen LogP contribution in [0.25, 0.3) is 0 Å². The zero-order valence-electron chi connectivity index (χ0n) is 11.2. The van der Waals surface area contributed by atoms with Crippen molar-refractivity contribution in [3.63, 3.8) is 0 Å². The van der Waals surface area contributed by atoms with Crippen LogP contribution in [0.3, 0.4) is 0 Å². The van der Waals surface area contributed by atoms with Gasteiger partial charge < -0.3 is 25.0 Å². The van der Waals surface area contributed by atoms with Crippen molar-refractivity contribution in [2.45, 2.75) is 19.1 Å². The first-order chi connectivity index (χ1) is 9.18. The van der Waals surface area contributed by atoms with E-state index in [4.69, 9.17) is 9.47 Å². The second-order valence-corrected chi connectivity index (χ2v) is 4.73. The van der Waals surface area contributed by atoms with E-state index in [0.29, 0.717) is 39.5 Å². The summed E-state index contributed by atoms with van der Waals surface area (Å²) in [5.74, 6) is -0.304. The van der Waals surface area contributed by atoms with Gasteiger partial charge in [0, 0.05) is 26.2 Å². The number of amides is 2. The quantitative estimate of drug-likeness (QED) is 0.642. The lowest BCUT2D eigenvalue weighted by molar-refractivity contribution is -0.142. The molecule has 2 heterocycles. The summed E-state index contributed by atoms with van der Waals surface area (Å²) < 4.78 is 10.5. The number of hydrogen-bond donors (Lipinski definition) is 2. The topological polar surface area (TPSA) is 79.9 Å². The van der Waals surface area contributed by atoms with E-state index in [-0.39, 0.29) is 11.8 Å². The summed E-state index contributed by atoms with van der Waals surface area (Å²) in [6.45, 7) is 5.75. The summed E-state index contributed by atoms with van der Waals surface area (Å²) in [4.78, 5) is 25.8. The molecule has 2 aliphatic rings. The Bertz CT molecular complexity index is 325. The van der Waals surface area contributed by atoms with Crippen molar-refractivity contribution in [3.05, 3.63) is 0 Å². The molecule has 2 atom stereocenters. The van der Waals surface area contributed by atoms with Crippen LogP contribution in [0.4, 0.5) is 0 Å². The molecule has 0 aromatic carbocycles. The SMILES string of the molecule is CC(NC(=O)C1CNCCO1)C(=O)N1CCOCC1. The van der Waals surface area contributed by atoms with Crippen molar-refractivity contribution in [2.75, 3.05) is 46.0 Å². The summed E-state index contributed by atoms with van der Waals surface area (Å²) in [6.07, 6.45) is -0.506. The van der Waals surface area contributed by atoms with Crippen molar-refractivity contribution < 1.29 is 19.1 Å². The van der Waals surface area contributed by atoms with Crippen molar-refractivity contribution in [3.8, 4) is 0 Å². The Balaban J connectivity index is 1.80. The van der Waals surface area contributed by atoms with Gasteiger partial charge in [0.25, 0.3) is 5.91 Å². The second-order valence-electron chi connectivity index (χ2n) is 4.73. The fourth-order valence-corrected chi connectivity index (χ4v) is 2.16. The van der Waals surface area contributed by atoms with E-state index >= 15 is 0 Å². The highest BCUT2D eigenvalue weighted by atomic mass is 16.5. The maximum Gasteiger partial charge on any atom is 0.251 e. The fourth-order valence-electron chi connectivity index (χ4n) is 2.16. The van der Waals surface area contributed by atoms with Crippen LogP contribution in [0.5, 0.6) is 0 Å². The van der Waals surface area contributed by atoms with E-state index in [9.17, 15) is 9.59 Å². The van der Waals surface area contributed by atoms with Gasteiger partial charge >= 0.3 is 0 Å². The van der Waals surface area contributed by atoms with Crippen LogP contribution in [-0.2, 0) is 19.1 Å². The lowest BCUT2D eigenvalue weighted by Gasteiger charge is -2.30. The molecule has 0 aromatic heterocycles. The minimum absolute atomic E-state index is 0.0691. The van der Waals surface area contributed by atoms with Crippen molar-refractivity contribution in [1.29, 1.82) is 0 Å². The predicted molar refractivity (Wildman–Crippen MR) is 67.6 cm³/mol. The number of rotatable bonds is 3. The van der Waals surface area contributed by atoms with Crippen LogP contribution >= 0.6 is 0 Å². The lowest BCUT2D eigenvalue weighted by Crippen LogP contribution is -2.54. The molecule has 0 aromatic rings. The first kappa shape index (κ1) is 14.2. The van der Waals surface area contributed by atoms with Gasteiger partial charge in [0.05, 0.1) is 19.8 Å². The Labute approximate surface area is 112 Å². The van der Waals surface area contributed by atoms with Crippen molar-refractivity contribution in [1.82, 2.24) is 15.5 Å². The van der Waals surface area contributed by atoms with E-state index in [1.165, 1.54) is 0 Å². The molecule has 0 radical (unpaired) electrons. The molecular weight excluding hydrogens is 250 g/mol. The number of carbonyl (C=O) groups is 2. The van der Waals surface area contributed by atoms with Gasteiger partial charge in [0.15, 0.2) is 0 Å². The van der Waals surface area contributed by atoms with Crippen LogP contribution in [0, 0.1) is 0 Å². The van der Waals surface area contributed by atoms with E-state index in [1.807, 2.05) is 0 Å². The first-order valence-corrected chi connectivity index (χ1v) is 6.67. The van der Waals surface area contributed by atoms with Crippen LogP contribution < -0.4 is 10.6 Å². The van der Waals surface area contributed by atoms with Crippen LogP contribution in [-0.4, -0.2) is 74.9 Å². The monoisotopic (exact) mass is 271 g/mol. The largest absolute Gasteiger partial charge is 0.378 e. The number of morpholine rings is 2. The molecular formula is C12H21N3O4. The van der Waals surface area contributed by atoms with Gasteiger partial charge in [-0.2, -0.15) is 0 Å². The maximum absolute atomic E-state index is 12.1. The number of nitrogens with zero attached hydrogens (tertiary/aromatic N) is 1. The smallest absolute Gasteiger partial charge is 0.251 e. The predicted octanol–water partition coefficient (Wildman–Crippen LogP) is -1.66. The highest BCUT2D eigenvalue weighted by molar-refractivity contribution is 5.89. The van der Waals surface area contributed by atoms with Crippen LogP contribution in [0.15, 0.2) is 0 Å². The van der Waals surface area contributed by atoms with Gasteiger partial charge in [-0.1, -0.05) is 0 Å². The fraction of sp³-hybridized carbons (Fsp3) is 0.833. The van der Waals surface area contributed by atoms with Crippen molar-refractivity contribution in [2.24, 2.45) is 0 Å². The highest BCUT2D eigenvalue weighted by Crippen LogP contribution is 2.02. The zero-order chi connectivity index (χ0) is 13.7. The molecule has 2 fully saturated rings. The molecule has 19 heavy (non-hydrogen) atoms. The Morgan fingerprint density at radius 2 is 2.05 bits per heavy atom. The minimum atomic E-state index is -0.531. The van der Waals surface area contributed by atoms with Gasteiger partial charge in [0.2, 0.25) is 5.91 Å². The Morgan fingerprint density at radius 3 is 2.68 bits per heavy atom. The average Bonchev–Trinajstić information content (AvgIpc) is 2.48. The minimum Gasteiger partial charge on any atom is -0.378 e. The molecule has 2 N–H and O–H groups in total. The standard InChI is InChI=1S/C12H21N3O4/c1-9(12(17)15-3-6-18-7-4-15)14-11(16)10-8-13-2-5-19-10/h9-10,13H,2-8H2,1H3,(H,14,16). The molecule has 0 bridgehead atoms. The van der Waals surface area contributed by atoms with Gasteiger partial charge in [-0.3, -0.25) is 9.59 Å².